The predicted octanol–water partition coefficient (Wildman–Crippen LogP) is -1.63. The van der Waals surface area contributed by atoms with Gasteiger partial charge in [0.2, 0.25) is 0 Å². The van der Waals surface area contributed by atoms with Crippen LogP contribution >= 0.6 is 0 Å². The van der Waals surface area contributed by atoms with Gasteiger partial charge in [0.15, 0.2) is 12.2 Å². The molecule has 0 saturated heterocycles. The Morgan fingerprint density at radius 2 is 0.795 bits per heavy atom. The molecule has 0 fully saturated rings. The SMILES string of the molecule is CCC(CO)(CO)C(=O)O.O=C(O)C(O)C(O)C(=O)O.O=C(O)CCCC(=O)O.O=C(O)CCCCC(=O)O. The molecule has 228 valence electrons. The molecule has 0 amide bonds. The average molecular weight is 577 g/mol. The van der Waals surface area contributed by atoms with Crippen molar-refractivity contribution in [2.45, 2.75) is 70.5 Å². The minimum Gasteiger partial charge on any atom is -0.481 e. The monoisotopic (exact) mass is 576 g/mol. The third-order valence-corrected chi connectivity index (χ3v) is 4.35. The van der Waals surface area contributed by atoms with Crippen molar-refractivity contribution in [1.29, 1.82) is 0 Å². The van der Waals surface area contributed by atoms with Gasteiger partial charge in [-0.2, -0.15) is 0 Å². The molecule has 2 unspecified atom stereocenters. The second kappa shape index (κ2) is 24.5. The number of carbonyl (C=O) groups is 7. The van der Waals surface area contributed by atoms with Crippen LogP contribution in [0.4, 0.5) is 0 Å². The lowest BCUT2D eigenvalue weighted by Crippen LogP contribution is -2.39. The number of unbranched alkanes of at least 4 members (excludes halogenated alkanes) is 1. The Balaban J connectivity index is -0.000000210. The lowest BCUT2D eigenvalue weighted by molar-refractivity contribution is -0.165. The molecule has 0 rings (SSSR count). The third kappa shape index (κ3) is 27.0. The molecule has 0 saturated carbocycles. The van der Waals surface area contributed by atoms with Crippen LogP contribution in [0, 0.1) is 5.41 Å². The zero-order chi connectivity index (χ0) is 31.8. The van der Waals surface area contributed by atoms with E-state index in [2.05, 4.69) is 0 Å². The summed E-state index contributed by atoms with van der Waals surface area (Å²) in [5, 5.41) is 90.6. The van der Waals surface area contributed by atoms with E-state index in [1.807, 2.05) is 0 Å². The zero-order valence-corrected chi connectivity index (χ0v) is 21.0. The molecule has 0 aromatic heterocycles. The first-order chi connectivity index (χ1) is 17.8. The maximum Gasteiger partial charge on any atom is 0.335 e. The highest BCUT2D eigenvalue weighted by Gasteiger charge is 2.35. The van der Waals surface area contributed by atoms with Crippen molar-refractivity contribution in [3.8, 4) is 0 Å². The van der Waals surface area contributed by atoms with Crippen molar-refractivity contribution in [3.05, 3.63) is 0 Å². The van der Waals surface area contributed by atoms with Gasteiger partial charge in [0.1, 0.15) is 5.41 Å². The summed E-state index contributed by atoms with van der Waals surface area (Å²) in [6.07, 6.45) is -3.20. The van der Waals surface area contributed by atoms with E-state index < -0.39 is 72.6 Å². The Labute approximate surface area is 221 Å². The molecular weight excluding hydrogens is 540 g/mol. The van der Waals surface area contributed by atoms with Gasteiger partial charge >= 0.3 is 41.8 Å². The first-order valence-corrected chi connectivity index (χ1v) is 11.0. The summed E-state index contributed by atoms with van der Waals surface area (Å²) in [7, 11) is 0. The van der Waals surface area contributed by atoms with E-state index in [0.717, 1.165) is 0 Å². The topological polar surface area (TPSA) is 342 Å². The third-order valence-electron chi connectivity index (χ3n) is 4.35. The van der Waals surface area contributed by atoms with Gasteiger partial charge in [0.05, 0.1) is 13.2 Å². The van der Waals surface area contributed by atoms with Crippen LogP contribution in [0.25, 0.3) is 0 Å². The van der Waals surface area contributed by atoms with Crippen molar-refractivity contribution >= 4 is 41.8 Å². The molecular formula is C21H36O18. The molecule has 0 bridgehead atoms. The predicted molar refractivity (Wildman–Crippen MR) is 125 cm³/mol. The van der Waals surface area contributed by atoms with Crippen LogP contribution in [-0.4, -0.2) is 123 Å². The molecule has 0 spiro atoms. The smallest absolute Gasteiger partial charge is 0.335 e. The fraction of sp³-hybridized carbons (Fsp3) is 0.667. The van der Waals surface area contributed by atoms with Gasteiger partial charge in [-0.1, -0.05) is 6.92 Å². The molecule has 0 aromatic rings. The molecule has 0 heterocycles. The van der Waals surface area contributed by atoms with Crippen LogP contribution in [-0.2, 0) is 33.6 Å². The summed E-state index contributed by atoms with van der Waals surface area (Å²) in [6.45, 7) is 0.575. The first-order valence-electron chi connectivity index (χ1n) is 11.0. The average Bonchev–Trinajstić information content (AvgIpc) is 2.82. The summed E-state index contributed by atoms with van der Waals surface area (Å²) in [5.74, 6) is -8.33. The molecule has 2 atom stereocenters. The Morgan fingerprint density at radius 3 is 0.923 bits per heavy atom. The van der Waals surface area contributed by atoms with Crippen molar-refractivity contribution in [1.82, 2.24) is 0 Å². The second-order valence-electron chi connectivity index (χ2n) is 7.46. The summed E-state index contributed by atoms with van der Waals surface area (Å²) in [6, 6.07) is 0. The molecule has 39 heavy (non-hydrogen) atoms. The molecule has 0 aliphatic heterocycles. The molecule has 0 aromatic carbocycles. The molecule has 0 aliphatic carbocycles. The molecule has 18 nitrogen and oxygen atoms in total. The Bertz CT molecular complexity index is 717. The normalized spacial score (nSPS) is 11.4. The number of carboxylic acids is 7. The number of hydrogen-bond acceptors (Lipinski definition) is 11. The van der Waals surface area contributed by atoms with E-state index in [1.165, 1.54) is 0 Å². The lowest BCUT2D eigenvalue weighted by Gasteiger charge is -2.21. The van der Waals surface area contributed by atoms with E-state index in [4.69, 9.17) is 56.2 Å². The van der Waals surface area contributed by atoms with Crippen molar-refractivity contribution < 1.29 is 89.7 Å². The van der Waals surface area contributed by atoms with E-state index in [1.54, 1.807) is 6.92 Å². The van der Waals surface area contributed by atoms with Crippen LogP contribution in [0.2, 0.25) is 0 Å². The van der Waals surface area contributed by atoms with Gasteiger partial charge in [0.25, 0.3) is 0 Å². The minimum absolute atomic E-state index is 0.0628. The van der Waals surface area contributed by atoms with Gasteiger partial charge in [-0.3, -0.25) is 24.0 Å². The molecule has 18 heteroatoms. The number of aliphatic carboxylic acids is 7. The van der Waals surface area contributed by atoms with Gasteiger partial charge in [0, 0.05) is 25.7 Å². The highest BCUT2D eigenvalue weighted by molar-refractivity contribution is 5.83. The standard InChI is InChI=1S/C6H12O4.C6H10O4.C5H8O4.C4H6O6/c1-2-6(3-7,4-8)5(9)10;7-5(8)3-1-2-4-6(9)10;6-4(7)2-1-3-5(8)9;5-1(3(7)8)2(6)4(9)10/h7-8H,2-4H2,1H3,(H,9,10);1-4H2,(H,7,8)(H,9,10);1-3H2,(H,6,7)(H,8,9);1-2,5-6H,(H,7,8)(H,9,10). The fourth-order valence-corrected chi connectivity index (χ4v) is 1.77. The van der Waals surface area contributed by atoms with Gasteiger partial charge in [-0.25, -0.2) is 9.59 Å². The van der Waals surface area contributed by atoms with Crippen LogP contribution in [0.3, 0.4) is 0 Å². The summed E-state index contributed by atoms with van der Waals surface area (Å²) in [5.41, 5.74) is -1.35. The highest BCUT2D eigenvalue weighted by atomic mass is 16.4. The van der Waals surface area contributed by atoms with Crippen LogP contribution in [0.1, 0.15) is 58.3 Å². The van der Waals surface area contributed by atoms with E-state index >= 15 is 0 Å². The quantitative estimate of drug-likeness (QED) is 0.0918. The Kier molecular flexibility index (Phi) is 26.5. The second-order valence-corrected chi connectivity index (χ2v) is 7.46. The number of rotatable bonds is 16. The fourth-order valence-electron chi connectivity index (χ4n) is 1.77. The summed E-state index contributed by atoms with van der Waals surface area (Å²) in [4.78, 5) is 69.3. The van der Waals surface area contributed by atoms with Crippen molar-refractivity contribution in [2.75, 3.05) is 13.2 Å². The van der Waals surface area contributed by atoms with Gasteiger partial charge in [-0.15, -0.1) is 0 Å². The maximum absolute atomic E-state index is 10.4. The Morgan fingerprint density at radius 1 is 0.538 bits per heavy atom. The van der Waals surface area contributed by atoms with Crippen molar-refractivity contribution in [2.24, 2.45) is 5.41 Å². The minimum atomic E-state index is -2.27. The van der Waals surface area contributed by atoms with E-state index in [9.17, 15) is 33.6 Å². The zero-order valence-electron chi connectivity index (χ0n) is 21.0. The molecule has 11 N–H and O–H groups in total. The molecule has 0 radical (unpaired) electrons. The Hall–Kier alpha value is -3.87. The largest absolute Gasteiger partial charge is 0.481 e. The van der Waals surface area contributed by atoms with Crippen molar-refractivity contribution in [3.63, 3.8) is 0 Å². The van der Waals surface area contributed by atoms with Crippen LogP contribution in [0.5, 0.6) is 0 Å². The van der Waals surface area contributed by atoms with Crippen LogP contribution in [0.15, 0.2) is 0 Å². The van der Waals surface area contributed by atoms with Gasteiger partial charge in [-0.05, 0) is 25.7 Å². The first kappa shape index (κ1) is 42.2. The summed E-state index contributed by atoms with van der Waals surface area (Å²) >= 11 is 0. The summed E-state index contributed by atoms with van der Waals surface area (Å²) < 4.78 is 0. The number of aliphatic hydroxyl groups is 4. The van der Waals surface area contributed by atoms with E-state index in [-0.39, 0.29) is 38.5 Å². The van der Waals surface area contributed by atoms with E-state index in [0.29, 0.717) is 12.8 Å². The number of carboxylic acid groups (broad SMARTS) is 7. The van der Waals surface area contributed by atoms with Crippen LogP contribution < -0.4 is 0 Å². The van der Waals surface area contributed by atoms with Gasteiger partial charge < -0.3 is 56.2 Å². The number of hydrogen-bond donors (Lipinski definition) is 11. The lowest BCUT2D eigenvalue weighted by atomic mass is 9.87. The highest BCUT2D eigenvalue weighted by Crippen LogP contribution is 2.19. The maximum atomic E-state index is 10.4. The number of aliphatic hydroxyl groups excluding tert-OH is 4. The molecule has 0 aliphatic rings.